The van der Waals surface area contributed by atoms with Gasteiger partial charge >= 0.3 is 4.87 Å². The van der Waals surface area contributed by atoms with Crippen molar-refractivity contribution in [3.8, 4) is 5.75 Å². The molecular weight excluding hydrogens is 466 g/mol. The van der Waals surface area contributed by atoms with E-state index in [0.717, 1.165) is 21.4 Å². The summed E-state index contributed by atoms with van der Waals surface area (Å²) in [5.74, 6) is 0.0185. The topological polar surface area (TPSA) is 72.7 Å². The Kier molecular flexibility index (Phi) is 6.66. The van der Waals surface area contributed by atoms with Gasteiger partial charge in [-0.1, -0.05) is 63.1 Å². The van der Waals surface area contributed by atoms with E-state index in [-0.39, 0.29) is 10.0 Å². The predicted molar refractivity (Wildman–Crippen MR) is 115 cm³/mol. The van der Waals surface area contributed by atoms with E-state index in [2.05, 4.69) is 26.5 Å². The Bertz CT molecular complexity index is 1080. The van der Waals surface area contributed by atoms with Gasteiger partial charge in [-0.2, -0.15) is 5.10 Å². The largest absolute Gasteiger partial charge is 0.496 e. The van der Waals surface area contributed by atoms with Crippen LogP contribution in [0.4, 0.5) is 0 Å². The molecule has 0 unspecified atom stereocenters. The molecule has 3 aromatic rings. The summed E-state index contributed by atoms with van der Waals surface area (Å²) in [6, 6.07) is 14.4. The predicted octanol–water partition coefficient (Wildman–Crippen LogP) is 4.15. The first kappa shape index (κ1) is 20.3. The van der Waals surface area contributed by atoms with Gasteiger partial charge in [0.25, 0.3) is 5.91 Å². The Morgan fingerprint density at radius 1 is 1.29 bits per heavy atom. The summed E-state index contributed by atoms with van der Waals surface area (Å²) < 4.78 is 7.57. The van der Waals surface area contributed by atoms with Crippen molar-refractivity contribution in [2.24, 2.45) is 5.10 Å². The van der Waals surface area contributed by atoms with Crippen molar-refractivity contribution in [2.45, 2.75) is 6.54 Å². The quantitative estimate of drug-likeness (QED) is 0.426. The van der Waals surface area contributed by atoms with Crippen LogP contribution < -0.4 is 15.0 Å². The zero-order chi connectivity index (χ0) is 20.1. The zero-order valence-corrected chi connectivity index (χ0v) is 17.8. The SMILES string of the molecule is COc1ccccc1C(=O)NN=Cc1sc(=O)n(Cc2ccc(Br)cc2)c1Cl. The number of aromatic nitrogens is 1. The average molecular weight is 481 g/mol. The number of para-hydroxylation sites is 1. The van der Waals surface area contributed by atoms with Crippen molar-refractivity contribution in [3.63, 3.8) is 0 Å². The zero-order valence-electron chi connectivity index (χ0n) is 14.7. The number of rotatable bonds is 6. The number of thiazole rings is 1. The second-order valence-electron chi connectivity index (χ2n) is 5.64. The molecule has 9 heteroatoms. The van der Waals surface area contributed by atoms with E-state index in [1.54, 1.807) is 24.3 Å². The Hall–Kier alpha value is -2.42. The molecule has 0 atom stereocenters. The number of amides is 1. The van der Waals surface area contributed by atoms with Crippen LogP contribution in [0.2, 0.25) is 5.15 Å². The standard InChI is InChI=1S/C19H15BrClN3O3S/c1-27-15-5-3-2-4-14(15)18(25)23-22-10-16-17(21)24(19(26)28-16)11-12-6-8-13(20)9-7-12/h2-10H,11H2,1H3,(H,23,25). The van der Waals surface area contributed by atoms with Crippen LogP contribution in [0.5, 0.6) is 5.75 Å². The number of halogens is 2. The van der Waals surface area contributed by atoms with Crippen LogP contribution in [0, 0.1) is 0 Å². The van der Waals surface area contributed by atoms with Crippen LogP contribution in [0.3, 0.4) is 0 Å². The van der Waals surface area contributed by atoms with Gasteiger partial charge in [-0.15, -0.1) is 0 Å². The number of hydrogen-bond donors (Lipinski definition) is 1. The molecule has 28 heavy (non-hydrogen) atoms. The molecule has 0 aliphatic rings. The van der Waals surface area contributed by atoms with Crippen LogP contribution in [-0.4, -0.2) is 23.8 Å². The summed E-state index contributed by atoms with van der Waals surface area (Å²) in [7, 11) is 1.49. The van der Waals surface area contributed by atoms with E-state index < -0.39 is 5.91 Å². The van der Waals surface area contributed by atoms with Gasteiger partial charge in [-0.25, -0.2) is 5.43 Å². The first-order chi connectivity index (χ1) is 13.5. The molecule has 6 nitrogen and oxygen atoms in total. The number of nitrogens with zero attached hydrogens (tertiary/aromatic N) is 2. The minimum Gasteiger partial charge on any atom is -0.496 e. The fourth-order valence-electron chi connectivity index (χ4n) is 2.43. The van der Waals surface area contributed by atoms with Gasteiger partial charge < -0.3 is 4.74 Å². The van der Waals surface area contributed by atoms with E-state index in [0.29, 0.717) is 22.7 Å². The smallest absolute Gasteiger partial charge is 0.309 e. The number of methoxy groups -OCH3 is 1. The lowest BCUT2D eigenvalue weighted by Gasteiger charge is -2.06. The lowest BCUT2D eigenvalue weighted by Crippen LogP contribution is -2.18. The molecule has 0 saturated carbocycles. The first-order valence-electron chi connectivity index (χ1n) is 8.09. The Morgan fingerprint density at radius 2 is 2.00 bits per heavy atom. The maximum absolute atomic E-state index is 12.3. The fraction of sp³-hybridized carbons (Fsp3) is 0.105. The summed E-state index contributed by atoms with van der Waals surface area (Å²) in [6.07, 6.45) is 1.36. The van der Waals surface area contributed by atoms with Gasteiger partial charge in [0.2, 0.25) is 0 Å². The molecule has 0 saturated heterocycles. The normalized spacial score (nSPS) is 11.0. The third-order valence-electron chi connectivity index (χ3n) is 3.81. The number of hydrazone groups is 1. The minimum atomic E-state index is -0.425. The third kappa shape index (κ3) is 4.70. The Morgan fingerprint density at radius 3 is 2.71 bits per heavy atom. The molecule has 0 spiro atoms. The number of carbonyl (C=O) groups is 1. The highest BCUT2D eigenvalue weighted by atomic mass is 79.9. The van der Waals surface area contributed by atoms with Crippen LogP contribution >= 0.6 is 38.9 Å². The molecule has 1 amide bonds. The van der Waals surface area contributed by atoms with Crippen LogP contribution in [0.15, 0.2) is 62.9 Å². The first-order valence-corrected chi connectivity index (χ1v) is 10.1. The highest BCUT2D eigenvalue weighted by molar-refractivity contribution is 9.10. The molecule has 0 fully saturated rings. The van der Waals surface area contributed by atoms with Gasteiger partial charge in [-0.05, 0) is 29.8 Å². The summed E-state index contributed by atoms with van der Waals surface area (Å²) >= 11 is 10.7. The molecular formula is C19H15BrClN3O3S. The fourth-order valence-corrected chi connectivity index (χ4v) is 3.80. The van der Waals surface area contributed by atoms with Crippen molar-refractivity contribution in [1.82, 2.24) is 9.99 Å². The van der Waals surface area contributed by atoms with Crippen LogP contribution in [-0.2, 0) is 6.54 Å². The van der Waals surface area contributed by atoms with Crippen molar-refractivity contribution < 1.29 is 9.53 Å². The molecule has 0 bridgehead atoms. The van der Waals surface area contributed by atoms with Crippen molar-refractivity contribution in [1.29, 1.82) is 0 Å². The molecule has 0 aliphatic heterocycles. The van der Waals surface area contributed by atoms with Gasteiger partial charge in [-0.3, -0.25) is 14.2 Å². The van der Waals surface area contributed by atoms with Gasteiger partial charge in [0.15, 0.2) is 0 Å². The molecule has 1 heterocycles. The monoisotopic (exact) mass is 479 g/mol. The molecule has 3 rings (SSSR count). The van der Waals surface area contributed by atoms with E-state index in [1.807, 2.05) is 24.3 Å². The summed E-state index contributed by atoms with van der Waals surface area (Å²) in [5, 5.41) is 4.19. The summed E-state index contributed by atoms with van der Waals surface area (Å²) in [4.78, 5) is 24.8. The summed E-state index contributed by atoms with van der Waals surface area (Å²) in [6.45, 7) is 0.350. The van der Waals surface area contributed by atoms with Gasteiger partial charge in [0.05, 0.1) is 30.3 Å². The lowest BCUT2D eigenvalue weighted by molar-refractivity contribution is 0.0952. The van der Waals surface area contributed by atoms with Crippen LogP contribution in [0.1, 0.15) is 20.8 Å². The maximum atomic E-state index is 12.3. The average Bonchev–Trinajstić information content (AvgIpc) is 2.97. The molecule has 0 radical (unpaired) electrons. The molecule has 1 N–H and O–H groups in total. The molecule has 1 aromatic heterocycles. The van der Waals surface area contributed by atoms with Crippen LogP contribution in [0.25, 0.3) is 0 Å². The number of nitrogens with one attached hydrogen (secondary N) is 1. The van der Waals surface area contributed by atoms with Crippen molar-refractivity contribution in [2.75, 3.05) is 7.11 Å². The van der Waals surface area contributed by atoms with Crippen molar-refractivity contribution in [3.05, 3.63) is 83.8 Å². The molecule has 144 valence electrons. The van der Waals surface area contributed by atoms with E-state index >= 15 is 0 Å². The lowest BCUT2D eigenvalue weighted by atomic mass is 10.2. The highest BCUT2D eigenvalue weighted by Crippen LogP contribution is 2.20. The number of ether oxygens (including phenoxy) is 1. The number of carbonyl (C=O) groups excluding carboxylic acids is 1. The minimum absolute atomic E-state index is 0.203. The van der Waals surface area contributed by atoms with E-state index in [9.17, 15) is 9.59 Å². The van der Waals surface area contributed by atoms with E-state index in [1.165, 1.54) is 17.9 Å². The molecule has 2 aromatic carbocycles. The molecule has 0 aliphatic carbocycles. The van der Waals surface area contributed by atoms with E-state index in [4.69, 9.17) is 16.3 Å². The highest BCUT2D eigenvalue weighted by Gasteiger charge is 2.13. The third-order valence-corrected chi connectivity index (χ3v) is 5.77. The second-order valence-corrected chi connectivity index (χ2v) is 7.90. The number of hydrogen-bond acceptors (Lipinski definition) is 5. The van der Waals surface area contributed by atoms with Gasteiger partial charge in [0, 0.05) is 4.47 Å². The summed E-state index contributed by atoms with van der Waals surface area (Å²) in [5.41, 5.74) is 3.71. The maximum Gasteiger partial charge on any atom is 0.309 e. The second kappa shape index (κ2) is 9.18. The number of benzene rings is 2. The van der Waals surface area contributed by atoms with Crippen molar-refractivity contribution >= 4 is 51.0 Å². The Balaban J connectivity index is 1.73. The Labute approximate surface area is 178 Å². The van der Waals surface area contributed by atoms with Gasteiger partial charge in [0.1, 0.15) is 10.9 Å².